The molecule has 2 aromatic rings. The van der Waals surface area contributed by atoms with Crippen molar-refractivity contribution in [3.05, 3.63) is 52.3 Å². The molecule has 0 aliphatic carbocycles. The first-order valence-electron chi connectivity index (χ1n) is 6.56. The molecule has 0 aliphatic heterocycles. The average Bonchev–Trinajstić information content (AvgIpc) is 2.83. The maximum Gasteiger partial charge on any atom is 0.282 e. The molecule has 0 aliphatic rings. The molecule has 2 N–H and O–H groups in total. The number of sulfonamides is 1. The number of amides is 1. The predicted octanol–water partition coefficient (Wildman–Crippen LogP) is 1.97. The molecule has 1 amide bonds. The first kappa shape index (κ1) is 16.7. The van der Waals surface area contributed by atoms with E-state index in [1.54, 1.807) is 36.0 Å². The van der Waals surface area contributed by atoms with Crippen molar-refractivity contribution in [3.8, 4) is 0 Å². The number of halogens is 1. The predicted molar refractivity (Wildman–Crippen MR) is 86.7 cm³/mol. The lowest BCUT2D eigenvalue weighted by Crippen LogP contribution is -2.42. The first-order chi connectivity index (χ1) is 10.3. The fraction of sp³-hybridized carbons (Fsp3) is 0.214. The highest BCUT2D eigenvalue weighted by Crippen LogP contribution is 2.14. The van der Waals surface area contributed by atoms with Crippen LogP contribution in [0.3, 0.4) is 0 Å². The molecule has 6 nitrogen and oxygen atoms in total. The van der Waals surface area contributed by atoms with Gasteiger partial charge in [-0.2, -0.15) is 0 Å². The van der Waals surface area contributed by atoms with E-state index in [-0.39, 0.29) is 4.90 Å². The largest absolute Gasteiger partial charge is 0.345 e. The van der Waals surface area contributed by atoms with Gasteiger partial charge in [0.25, 0.3) is 15.9 Å². The Hall–Kier alpha value is -1.64. The van der Waals surface area contributed by atoms with Crippen LogP contribution in [0.2, 0.25) is 0 Å². The summed E-state index contributed by atoms with van der Waals surface area (Å²) in [5, 5.41) is 0. The second-order valence-electron chi connectivity index (χ2n) is 4.71. The molecule has 1 aromatic carbocycles. The molecular weight excluding hydrogens is 370 g/mol. The molecule has 1 heterocycles. The molecule has 0 radical (unpaired) electrons. The summed E-state index contributed by atoms with van der Waals surface area (Å²) in [6.45, 7) is 1.99. The van der Waals surface area contributed by atoms with Crippen LogP contribution in [-0.4, -0.2) is 18.9 Å². The van der Waals surface area contributed by atoms with E-state index in [4.69, 9.17) is 0 Å². The Labute approximate surface area is 137 Å². The van der Waals surface area contributed by atoms with Crippen LogP contribution in [0.4, 0.5) is 0 Å². The van der Waals surface area contributed by atoms with Crippen LogP contribution in [0.25, 0.3) is 0 Å². The summed E-state index contributed by atoms with van der Waals surface area (Å²) in [6, 6.07) is 8.09. The Kier molecular flexibility index (Phi) is 5.05. The fourth-order valence-corrected chi connectivity index (χ4v) is 3.25. The van der Waals surface area contributed by atoms with Crippen LogP contribution >= 0.6 is 15.9 Å². The van der Waals surface area contributed by atoms with Gasteiger partial charge in [0, 0.05) is 17.7 Å². The van der Waals surface area contributed by atoms with Crippen molar-refractivity contribution in [1.82, 2.24) is 14.8 Å². The van der Waals surface area contributed by atoms with Crippen LogP contribution in [-0.2, 0) is 23.5 Å². The number of hydrogen-bond donors (Lipinski definition) is 2. The summed E-state index contributed by atoms with van der Waals surface area (Å²) in [7, 11) is -2.11. The Morgan fingerprint density at radius 2 is 1.91 bits per heavy atom. The minimum absolute atomic E-state index is 0.0954. The summed E-state index contributed by atoms with van der Waals surface area (Å²) < 4.78 is 26.6. The van der Waals surface area contributed by atoms with Crippen LogP contribution in [0.15, 0.2) is 45.9 Å². The molecule has 1 aromatic heterocycles. The Balaban J connectivity index is 2.09. The summed E-state index contributed by atoms with van der Waals surface area (Å²) in [6.07, 6.45) is 2.53. The molecule has 0 atom stereocenters. The summed E-state index contributed by atoms with van der Waals surface area (Å²) in [4.78, 5) is 14.2. The van der Waals surface area contributed by atoms with E-state index >= 15 is 0 Å². The summed E-state index contributed by atoms with van der Waals surface area (Å²) >= 11 is 3.25. The van der Waals surface area contributed by atoms with Crippen LogP contribution in [0.5, 0.6) is 0 Å². The van der Waals surface area contributed by atoms with Gasteiger partial charge in [-0.05, 0) is 46.1 Å². The van der Waals surface area contributed by atoms with E-state index in [1.165, 1.54) is 12.1 Å². The van der Waals surface area contributed by atoms with Crippen molar-refractivity contribution in [2.75, 3.05) is 0 Å². The first-order valence-corrected chi connectivity index (χ1v) is 8.84. The van der Waals surface area contributed by atoms with Crippen LogP contribution in [0, 0.1) is 0 Å². The number of nitrogens with zero attached hydrogens (tertiary/aromatic N) is 1. The van der Waals surface area contributed by atoms with Gasteiger partial charge in [-0.25, -0.2) is 8.42 Å². The van der Waals surface area contributed by atoms with E-state index in [2.05, 4.69) is 26.2 Å². The zero-order valence-electron chi connectivity index (χ0n) is 12.1. The lowest BCUT2D eigenvalue weighted by Gasteiger charge is -2.09. The Bertz CT molecular complexity index is 782. The van der Waals surface area contributed by atoms with Crippen molar-refractivity contribution >= 4 is 31.9 Å². The fourth-order valence-electron chi connectivity index (χ4n) is 1.89. The Morgan fingerprint density at radius 1 is 1.27 bits per heavy atom. The van der Waals surface area contributed by atoms with Gasteiger partial charge < -0.3 is 4.57 Å². The molecule has 0 bridgehead atoms. The molecule has 8 heteroatoms. The van der Waals surface area contributed by atoms with Crippen molar-refractivity contribution < 1.29 is 13.2 Å². The standard InChI is InChI=1S/C14H16BrN3O3S/c1-3-10-4-6-12(7-5-10)22(20,21)17-16-14(19)13-8-11(15)9-18(13)2/h4-9,17H,3H2,1-2H3,(H,16,19). The van der Waals surface area contributed by atoms with E-state index in [1.807, 2.05) is 6.92 Å². The SMILES string of the molecule is CCc1ccc(S(=O)(=O)NNC(=O)c2cc(Br)cn2C)cc1. The second-order valence-corrected chi connectivity index (χ2v) is 7.31. The molecule has 0 saturated carbocycles. The molecule has 0 fully saturated rings. The maximum absolute atomic E-state index is 12.1. The number of hydrogen-bond acceptors (Lipinski definition) is 3. The topological polar surface area (TPSA) is 80.2 Å². The van der Waals surface area contributed by atoms with Crippen LogP contribution in [0.1, 0.15) is 23.0 Å². The van der Waals surface area contributed by atoms with E-state index < -0.39 is 15.9 Å². The monoisotopic (exact) mass is 385 g/mol. The highest BCUT2D eigenvalue weighted by molar-refractivity contribution is 9.10. The highest BCUT2D eigenvalue weighted by Gasteiger charge is 2.17. The minimum Gasteiger partial charge on any atom is -0.345 e. The smallest absolute Gasteiger partial charge is 0.282 e. The summed E-state index contributed by atoms with van der Waals surface area (Å²) in [5.74, 6) is -0.540. The molecule has 22 heavy (non-hydrogen) atoms. The average molecular weight is 386 g/mol. The number of benzene rings is 1. The minimum atomic E-state index is -3.80. The number of aromatic nitrogens is 1. The maximum atomic E-state index is 12.1. The Morgan fingerprint density at radius 3 is 2.41 bits per heavy atom. The third-order valence-electron chi connectivity index (χ3n) is 3.15. The molecule has 2 rings (SSSR count). The van der Waals surface area contributed by atoms with Gasteiger partial charge in [-0.1, -0.05) is 19.1 Å². The lowest BCUT2D eigenvalue weighted by atomic mass is 10.2. The normalized spacial score (nSPS) is 11.4. The van der Waals surface area contributed by atoms with E-state index in [0.717, 1.165) is 16.5 Å². The molecule has 0 unspecified atom stereocenters. The molecule has 0 spiro atoms. The van der Waals surface area contributed by atoms with Gasteiger partial charge in [-0.3, -0.25) is 10.2 Å². The van der Waals surface area contributed by atoms with Crippen molar-refractivity contribution in [3.63, 3.8) is 0 Å². The number of aryl methyl sites for hydroxylation is 2. The van der Waals surface area contributed by atoms with Gasteiger partial charge in [0.05, 0.1) is 4.90 Å². The number of hydrazine groups is 1. The van der Waals surface area contributed by atoms with Crippen LogP contribution < -0.4 is 10.3 Å². The highest BCUT2D eigenvalue weighted by atomic mass is 79.9. The van der Waals surface area contributed by atoms with Gasteiger partial charge in [-0.15, -0.1) is 4.83 Å². The third kappa shape index (κ3) is 3.76. The van der Waals surface area contributed by atoms with Gasteiger partial charge in [0.15, 0.2) is 0 Å². The quantitative estimate of drug-likeness (QED) is 0.772. The van der Waals surface area contributed by atoms with Crippen molar-refractivity contribution in [2.45, 2.75) is 18.2 Å². The van der Waals surface area contributed by atoms with Gasteiger partial charge >= 0.3 is 0 Å². The molecule has 118 valence electrons. The number of carbonyl (C=O) groups is 1. The van der Waals surface area contributed by atoms with E-state index in [0.29, 0.717) is 5.69 Å². The molecular formula is C14H16BrN3O3S. The van der Waals surface area contributed by atoms with Crippen molar-refractivity contribution in [2.24, 2.45) is 7.05 Å². The second kappa shape index (κ2) is 6.64. The number of carbonyl (C=O) groups excluding carboxylic acids is 1. The zero-order valence-corrected chi connectivity index (χ0v) is 14.5. The van der Waals surface area contributed by atoms with Crippen molar-refractivity contribution in [1.29, 1.82) is 0 Å². The lowest BCUT2D eigenvalue weighted by molar-refractivity contribution is 0.0937. The zero-order chi connectivity index (χ0) is 16.3. The van der Waals surface area contributed by atoms with E-state index in [9.17, 15) is 13.2 Å². The third-order valence-corrected chi connectivity index (χ3v) is 4.84. The van der Waals surface area contributed by atoms with Gasteiger partial charge in [0.2, 0.25) is 0 Å². The van der Waals surface area contributed by atoms with Gasteiger partial charge in [0.1, 0.15) is 5.69 Å². The summed E-state index contributed by atoms with van der Waals surface area (Å²) in [5.41, 5.74) is 3.57. The molecule has 0 saturated heterocycles. The number of nitrogens with one attached hydrogen (secondary N) is 2. The number of rotatable bonds is 5.